The van der Waals surface area contributed by atoms with Gasteiger partial charge >= 0.3 is 0 Å². The van der Waals surface area contributed by atoms with Crippen molar-refractivity contribution < 1.29 is 4.74 Å². The molecule has 1 aliphatic rings. The predicted molar refractivity (Wildman–Crippen MR) is 114 cm³/mol. The molecule has 0 saturated heterocycles. The van der Waals surface area contributed by atoms with E-state index in [4.69, 9.17) is 10.00 Å². The molecule has 1 saturated carbocycles. The summed E-state index contributed by atoms with van der Waals surface area (Å²) < 4.78 is 6.18. The van der Waals surface area contributed by atoms with E-state index < -0.39 is 0 Å². The lowest BCUT2D eigenvalue weighted by atomic mass is 9.76. The van der Waals surface area contributed by atoms with E-state index in [0.29, 0.717) is 17.9 Å². The Balaban J connectivity index is 1.78. The molecule has 1 aliphatic carbocycles. The van der Waals surface area contributed by atoms with Gasteiger partial charge < -0.3 is 4.74 Å². The van der Waals surface area contributed by atoms with Gasteiger partial charge in [0.15, 0.2) is 0 Å². The molecule has 0 heterocycles. The highest BCUT2D eigenvalue weighted by atomic mass is 16.5. The number of hydrogen-bond acceptors (Lipinski definition) is 2. The van der Waals surface area contributed by atoms with Crippen LogP contribution < -0.4 is 0 Å². The van der Waals surface area contributed by atoms with Crippen LogP contribution in [0.15, 0.2) is 36.6 Å². The number of nitrogens with zero attached hydrogens (tertiary/aromatic N) is 1. The molecule has 1 aromatic carbocycles. The van der Waals surface area contributed by atoms with Crippen molar-refractivity contribution in [3.05, 3.63) is 47.7 Å². The molecule has 1 atom stereocenters. The lowest BCUT2D eigenvalue weighted by Crippen LogP contribution is -2.26. The van der Waals surface area contributed by atoms with Crippen LogP contribution in [0.2, 0.25) is 0 Å². The molecule has 2 heteroatoms. The summed E-state index contributed by atoms with van der Waals surface area (Å²) in [7, 11) is 0. The molecule has 2 nitrogen and oxygen atoms in total. The standard InChI is InChI=1S/C25H37NO/c1-3-5-6-7-8-9-19-27-25(10-4-2)24-17-15-23(16-18-24)22-13-11-21(20-26)12-14-22/h9,11-14,19,23-25H,3-8,10,15-18H2,1-2H3/b19-9+. The van der Waals surface area contributed by atoms with Crippen LogP contribution in [0.25, 0.3) is 0 Å². The molecule has 1 unspecified atom stereocenters. The first-order valence-electron chi connectivity index (χ1n) is 11.1. The Morgan fingerprint density at radius 3 is 2.41 bits per heavy atom. The van der Waals surface area contributed by atoms with Crippen LogP contribution in [0.4, 0.5) is 0 Å². The summed E-state index contributed by atoms with van der Waals surface area (Å²) in [5.41, 5.74) is 2.15. The highest BCUT2D eigenvalue weighted by Crippen LogP contribution is 2.38. The van der Waals surface area contributed by atoms with Crippen LogP contribution in [0.1, 0.15) is 102 Å². The summed E-state index contributed by atoms with van der Waals surface area (Å²) in [6, 6.07) is 10.4. The molecule has 2 rings (SSSR count). The van der Waals surface area contributed by atoms with Gasteiger partial charge in [-0.25, -0.2) is 0 Å². The topological polar surface area (TPSA) is 33.0 Å². The summed E-state index contributed by atoms with van der Waals surface area (Å²) in [5.74, 6) is 1.33. The fraction of sp³-hybridized carbons (Fsp3) is 0.640. The van der Waals surface area contributed by atoms with Gasteiger partial charge in [0.25, 0.3) is 0 Å². The number of hydrogen-bond donors (Lipinski definition) is 0. The molecule has 0 spiro atoms. The third-order valence-corrected chi connectivity index (χ3v) is 5.96. The quantitative estimate of drug-likeness (QED) is 0.299. The van der Waals surface area contributed by atoms with Crippen molar-refractivity contribution in [1.82, 2.24) is 0 Å². The minimum absolute atomic E-state index is 0.379. The Kier molecular flexibility index (Phi) is 10.1. The summed E-state index contributed by atoms with van der Waals surface area (Å²) in [6.45, 7) is 4.51. The van der Waals surface area contributed by atoms with Crippen molar-refractivity contribution in [3.8, 4) is 6.07 Å². The summed E-state index contributed by atoms with van der Waals surface area (Å²) in [5, 5.41) is 8.96. The highest BCUT2D eigenvalue weighted by Gasteiger charge is 2.28. The van der Waals surface area contributed by atoms with Crippen molar-refractivity contribution in [2.45, 2.75) is 96.5 Å². The largest absolute Gasteiger partial charge is 0.498 e. The summed E-state index contributed by atoms with van der Waals surface area (Å²) in [4.78, 5) is 0. The highest BCUT2D eigenvalue weighted by molar-refractivity contribution is 5.33. The van der Waals surface area contributed by atoms with Crippen molar-refractivity contribution >= 4 is 0 Å². The zero-order valence-electron chi connectivity index (χ0n) is 17.3. The van der Waals surface area contributed by atoms with Crippen LogP contribution >= 0.6 is 0 Å². The number of unbranched alkanes of at least 4 members (excludes halogenated alkanes) is 4. The van der Waals surface area contributed by atoms with E-state index >= 15 is 0 Å². The van der Waals surface area contributed by atoms with Gasteiger partial charge in [0, 0.05) is 0 Å². The Morgan fingerprint density at radius 1 is 1.04 bits per heavy atom. The normalized spacial score (nSPS) is 21.1. The molecule has 1 fully saturated rings. The predicted octanol–water partition coefficient (Wildman–Crippen LogP) is 7.50. The number of ether oxygens (including phenoxy) is 1. The van der Waals surface area contributed by atoms with Crippen LogP contribution in [-0.2, 0) is 4.74 Å². The maximum Gasteiger partial charge on any atom is 0.101 e. The lowest BCUT2D eigenvalue weighted by molar-refractivity contribution is 0.0555. The van der Waals surface area contributed by atoms with Crippen molar-refractivity contribution in [3.63, 3.8) is 0 Å². The van der Waals surface area contributed by atoms with E-state index in [9.17, 15) is 0 Å². The molecule has 148 valence electrons. The first kappa shape index (κ1) is 21.5. The SMILES string of the molecule is CCCCCC/C=C/OC(CCC)C1CCC(c2ccc(C#N)cc2)CC1. The molecular weight excluding hydrogens is 330 g/mol. The average molecular weight is 368 g/mol. The zero-order valence-corrected chi connectivity index (χ0v) is 17.3. The van der Waals surface area contributed by atoms with Crippen LogP contribution in [0, 0.1) is 17.2 Å². The lowest BCUT2D eigenvalue weighted by Gasteiger charge is -2.33. The number of nitriles is 1. The van der Waals surface area contributed by atoms with Crippen LogP contribution in [0.5, 0.6) is 0 Å². The average Bonchev–Trinajstić information content (AvgIpc) is 2.72. The Labute approximate surface area is 166 Å². The number of rotatable bonds is 11. The Bertz CT molecular complexity index is 575. The molecule has 0 amide bonds. The maximum atomic E-state index is 8.96. The van der Waals surface area contributed by atoms with Crippen molar-refractivity contribution in [2.24, 2.45) is 5.92 Å². The van der Waals surface area contributed by atoms with E-state index in [1.54, 1.807) is 0 Å². The summed E-state index contributed by atoms with van der Waals surface area (Å²) in [6.07, 6.45) is 18.3. The maximum absolute atomic E-state index is 8.96. The fourth-order valence-electron chi connectivity index (χ4n) is 4.27. The van der Waals surface area contributed by atoms with Crippen LogP contribution in [-0.4, -0.2) is 6.10 Å². The van der Waals surface area contributed by atoms with Gasteiger partial charge in [-0.15, -0.1) is 0 Å². The smallest absolute Gasteiger partial charge is 0.101 e. The van der Waals surface area contributed by atoms with Gasteiger partial charge in [0.1, 0.15) is 6.10 Å². The Morgan fingerprint density at radius 2 is 1.78 bits per heavy atom. The Hall–Kier alpha value is -1.75. The molecule has 27 heavy (non-hydrogen) atoms. The minimum atomic E-state index is 0.379. The number of benzene rings is 1. The zero-order chi connectivity index (χ0) is 19.3. The second-order valence-corrected chi connectivity index (χ2v) is 8.03. The first-order valence-corrected chi connectivity index (χ1v) is 11.1. The second-order valence-electron chi connectivity index (χ2n) is 8.03. The molecule has 0 aromatic heterocycles. The van der Waals surface area contributed by atoms with Gasteiger partial charge in [0.05, 0.1) is 17.9 Å². The molecule has 0 radical (unpaired) electrons. The van der Waals surface area contributed by atoms with Gasteiger partial charge in [0.2, 0.25) is 0 Å². The third-order valence-electron chi connectivity index (χ3n) is 5.96. The third kappa shape index (κ3) is 7.41. The minimum Gasteiger partial charge on any atom is -0.498 e. The van der Waals surface area contributed by atoms with E-state index in [0.717, 1.165) is 18.4 Å². The first-order chi connectivity index (χ1) is 13.3. The van der Waals surface area contributed by atoms with E-state index in [2.05, 4.69) is 38.1 Å². The second kappa shape index (κ2) is 12.6. The van der Waals surface area contributed by atoms with Gasteiger partial charge in [-0.3, -0.25) is 0 Å². The van der Waals surface area contributed by atoms with E-state index in [1.165, 1.54) is 63.4 Å². The van der Waals surface area contributed by atoms with Crippen LogP contribution in [0.3, 0.4) is 0 Å². The molecular formula is C25H37NO. The van der Waals surface area contributed by atoms with E-state index in [1.807, 2.05) is 18.4 Å². The molecule has 1 aromatic rings. The molecule has 0 N–H and O–H groups in total. The van der Waals surface area contributed by atoms with Gasteiger partial charge in [-0.2, -0.15) is 5.26 Å². The summed E-state index contributed by atoms with van der Waals surface area (Å²) >= 11 is 0. The number of allylic oxidation sites excluding steroid dienone is 1. The van der Waals surface area contributed by atoms with Gasteiger partial charge in [-0.1, -0.05) is 51.7 Å². The van der Waals surface area contributed by atoms with Crippen molar-refractivity contribution in [1.29, 1.82) is 5.26 Å². The molecule has 0 aliphatic heterocycles. The fourth-order valence-corrected chi connectivity index (χ4v) is 4.27. The molecule has 0 bridgehead atoms. The van der Waals surface area contributed by atoms with Gasteiger partial charge in [-0.05, 0) is 80.6 Å². The van der Waals surface area contributed by atoms with E-state index in [-0.39, 0.29) is 0 Å². The van der Waals surface area contributed by atoms with Crippen molar-refractivity contribution in [2.75, 3.05) is 0 Å². The monoisotopic (exact) mass is 367 g/mol.